The van der Waals surface area contributed by atoms with Gasteiger partial charge in [-0.25, -0.2) is 4.39 Å². The fourth-order valence-electron chi connectivity index (χ4n) is 1.81. The number of rotatable bonds is 3. The van der Waals surface area contributed by atoms with Gasteiger partial charge in [-0.15, -0.1) is 0 Å². The van der Waals surface area contributed by atoms with E-state index in [9.17, 15) is 19.3 Å². The zero-order valence-corrected chi connectivity index (χ0v) is 11.7. The summed E-state index contributed by atoms with van der Waals surface area (Å²) in [6.07, 6.45) is 0. The highest BCUT2D eigenvalue weighted by Gasteiger charge is 2.19. The number of hydrogen-bond acceptors (Lipinski definition) is 3. The van der Waals surface area contributed by atoms with Gasteiger partial charge in [0.1, 0.15) is 10.8 Å². The van der Waals surface area contributed by atoms with Gasteiger partial charge in [0.05, 0.1) is 10.6 Å². The number of nitro groups is 1. The maximum Gasteiger partial charge on any atom is 0.287 e. The lowest BCUT2D eigenvalue weighted by Crippen LogP contribution is -2.27. The minimum Gasteiger partial charge on any atom is -0.309 e. The van der Waals surface area contributed by atoms with E-state index < -0.39 is 16.6 Å². The zero-order chi connectivity index (χ0) is 15.6. The Labute approximate surface area is 124 Å². The Balaban J connectivity index is 2.34. The average Bonchev–Trinajstić information content (AvgIpc) is 2.45. The van der Waals surface area contributed by atoms with Crippen molar-refractivity contribution in [2.75, 3.05) is 11.9 Å². The van der Waals surface area contributed by atoms with Crippen LogP contribution in [0.3, 0.4) is 0 Å². The van der Waals surface area contributed by atoms with Gasteiger partial charge in [0.15, 0.2) is 0 Å². The van der Waals surface area contributed by atoms with E-state index in [1.807, 2.05) is 0 Å². The van der Waals surface area contributed by atoms with E-state index in [4.69, 9.17) is 11.6 Å². The second kappa shape index (κ2) is 5.88. The second-order valence-corrected chi connectivity index (χ2v) is 4.65. The van der Waals surface area contributed by atoms with E-state index in [-0.39, 0.29) is 22.0 Å². The third-order valence-corrected chi connectivity index (χ3v) is 3.21. The van der Waals surface area contributed by atoms with Crippen LogP contribution < -0.4 is 4.90 Å². The Kier molecular flexibility index (Phi) is 4.18. The van der Waals surface area contributed by atoms with Crippen LogP contribution in [0.15, 0.2) is 42.5 Å². The number of nitrogens with zero attached hydrogens (tertiary/aromatic N) is 2. The van der Waals surface area contributed by atoms with Crippen molar-refractivity contribution < 1.29 is 14.1 Å². The molecule has 21 heavy (non-hydrogen) atoms. The summed E-state index contributed by atoms with van der Waals surface area (Å²) >= 11 is 5.76. The highest BCUT2D eigenvalue weighted by atomic mass is 35.5. The number of benzene rings is 2. The number of nitro benzene ring substituents is 1. The van der Waals surface area contributed by atoms with Crippen molar-refractivity contribution in [2.45, 2.75) is 0 Å². The first-order chi connectivity index (χ1) is 9.91. The monoisotopic (exact) mass is 308 g/mol. The van der Waals surface area contributed by atoms with Gasteiger partial charge < -0.3 is 4.90 Å². The molecule has 108 valence electrons. The fourth-order valence-corrected chi connectivity index (χ4v) is 2.06. The minimum atomic E-state index is -0.642. The van der Waals surface area contributed by atoms with Crippen LogP contribution in [0.1, 0.15) is 10.4 Å². The molecule has 5 nitrogen and oxygen atoms in total. The van der Waals surface area contributed by atoms with E-state index in [0.29, 0.717) is 0 Å². The SMILES string of the molecule is CN(C(=O)c1ccc([N+](=O)[O-])c(Cl)c1)c1ccccc1F. The predicted octanol–water partition coefficient (Wildman–Crippen LogP) is 3.66. The summed E-state index contributed by atoms with van der Waals surface area (Å²) < 4.78 is 13.7. The molecule has 0 aromatic heterocycles. The van der Waals surface area contributed by atoms with Crippen molar-refractivity contribution in [3.63, 3.8) is 0 Å². The number of halogens is 2. The molecule has 0 saturated carbocycles. The van der Waals surface area contributed by atoms with E-state index >= 15 is 0 Å². The quantitative estimate of drug-likeness (QED) is 0.642. The zero-order valence-electron chi connectivity index (χ0n) is 10.9. The largest absolute Gasteiger partial charge is 0.309 e. The van der Waals surface area contributed by atoms with Gasteiger partial charge in [-0.2, -0.15) is 0 Å². The van der Waals surface area contributed by atoms with Crippen LogP contribution in [-0.4, -0.2) is 17.9 Å². The van der Waals surface area contributed by atoms with Gasteiger partial charge in [-0.1, -0.05) is 23.7 Å². The molecule has 0 bridgehead atoms. The average molecular weight is 309 g/mol. The number of amides is 1. The Hall–Kier alpha value is -2.47. The van der Waals surface area contributed by atoms with Gasteiger partial charge in [0.2, 0.25) is 0 Å². The molecule has 0 aliphatic heterocycles. The normalized spacial score (nSPS) is 10.2. The Morgan fingerprint density at radius 2 is 1.95 bits per heavy atom. The number of anilines is 1. The number of carbonyl (C=O) groups is 1. The second-order valence-electron chi connectivity index (χ2n) is 4.24. The van der Waals surface area contributed by atoms with Crippen LogP contribution in [0.5, 0.6) is 0 Å². The molecule has 0 atom stereocenters. The number of para-hydroxylation sites is 1. The van der Waals surface area contributed by atoms with Crippen molar-refractivity contribution in [2.24, 2.45) is 0 Å². The van der Waals surface area contributed by atoms with Crippen LogP contribution in [0, 0.1) is 15.9 Å². The maximum absolute atomic E-state index is 13.7. The highest BCUT2D eigenvalue weighted by molar-refractivity contribution is 6.33. The van der Waals surface area contributed by atoms with Crippen LogP contribution in [0.2, 0.25) is 5.02 Å². The maximum atomic E-state index is 13.7. The number of hydrogen-bond donors (Lipinski definition) is 0. The van der Waals surface area contributed by atoms with Crippen molar-refractivity contribution in [1.82, 2.24) is 0 Å². The molecule has 0 heterocycles. The summed E-state index contributed by atoms with van der Waals surface area (Å²) in [4.78, 5) is 23.4. The van der Waals surface area contributed by atoms with Gasteiger partial charge in [0.25, 0.3) is 11.6 Å². The summed E-state index contributed by atoms with van der Waals surface area (Å²) in [5, 5.41) is 10.5. The third-order valence-electron chi connectivity index (χ3n) is 2.91. The molecule has 0 aliphatic rings. The van der Waals surface area contributed by atoms with Crippen molar-refractivity contribution >= 4 is 28.9 Å². The molecular formula is C14H10ClFN2O3. The molecule has 1 amide bonds. The summed E-state index contributed by atoms with van der Waals surface area (Å²) in [6.45, 7) is 0. The molecule has 2 rings (SSSR count). The highest BCUT2D eigenvalue weighted by Crippen LogP contribution is 2.26. The van der Waals surface area contributed by atoms with E-state index in [2.05, 4.69) is 0 Å². The molecule has 0 fully saturated rings. The molecule has 7 heteroatoms. The Morgan fingerprint density at radius 3 is 2.52 bits per heavy atom. The first-order valence-electron chi connectivity index (χ1n) is 5.88. The van der Waals surface area contributed by atoms with Crippen molar-refractivity contribution in [3.8, 4) is 0 Å². The van der Waals surface area contributed by atoms with E-state index in [1.54, 1.807) is 6.07 Å². The molecule has 0 N–H and O–H groups in total. The summed E-state index contributed by atoms with van der Waals surface area (Å²) in [5.74, 6) is -1.06. The molecular weight excluding hydrogens is 299 g/mol. The minimum absolute atomic E-state index is 0.108. The molecule has 2 aromatic rings. The van der Waals surface area contributed by atoms with Crippen LogP contribution in [0.4, 0.5) is 15.8 Å². The fraction of sp³-hybridized carbons (Fsp3) is 0.0714. The lowest BCUT2D eigenvalue weighted by molar-refractivity contribution is -0.384. The van der Waals surface area contributed by atoms with Crippen molar-refractivity contribution in [1.29, 1.82) is 0 Å². The van der Waals surface area contributed by atoms with Crippen LogP contribution in [-0.2, 0) is 0 Å². The molecule has 0 spiro atoms. The van der Waals surface area contributed by atoms with Gasteiger partial charge >= 0.3 is 0 Å². The summed E-state index contributed by atoms with van der Waals surface area (Å²) in [5.41, 5.74) is -0.0462. The molecule has 0 saturated heterocycles. The standard InChI is InChI=1S/C14H10ClFN2O3/c1-17(13-5-3-2-4-11(13)16)14(19)9-6-7-12(18(20)21)10(15)8-9/h2-8H,1H3. The van der Waals surface area contributed by atoms with Crippen LogP contribution >= 0.6 is 11.6 Å². The third kappa shape index (κ3) is 3.00. The first-order valence-corrected chi connectivity index (χ1v) is 6.26. The lowest BCUT2D eigenvalue weighted by atomic mass is 10.1. The van der Waals surface area contributed by atoms with Gasteiger partial charge in [-0.05, 0) is 24.3 Å². The number of carbonyl (C=O) groups excluding carboxylic acids is 1. The smallest absolute Gasteiger partial charge is 0.287 e. The van der Waals surface area contributed by atoms with Crippen molar-refractivity contribution in [3.05, 3.63) is 69.0 Å². The molecule has 2 aromatic carbocycles. The predicted molar refractivity (Wildman–Crippen MR) is 77.2 cm³/mol. The summed E-state index contributed by atoms with van der Waals surface area (Å²) in [6, 6.07) is 9.43. The summed E-state index contributed by atoms with van der Waals surface area (Å²) in [7, 11) is 1.41. The lowest BCUT2D eigenvalue weighted by Gasteiger charge is -2.18. The Morgan fingerprint density at radius 1 is 1.29 bits per heavy atom. The van der Waals surface area contributed by atoms with Gasteiger partial charge in [-0.3, -0.25) is 14.9 Å². The molecule has 0 aliphatic carbocycles. The van der Waals surface area contributed by atoms with E-state index in [0.717, 1.165) is 11.0 Å². The molecule has 0 radical (unpaired) electrons. The Bertz CT molecular complexity index is 721. The topological polar surface area (TPSA) is 63.5 Å². The van der Waals surface area contributed by atoms with Crippen LogP contribution in [0.25, 0.3) is 0 Å². The van der Waals surface area contributed by atoms with Gasteiger partial charge in [0, 0.05) is 18.7 Å². The van der Waals surface area contributed by atoms with E-state index in [1.165, 1.54) is 37.4 Å². The molecule has 0 unspecified atom stereocenters. The first kappa shape index (κ1) is 14.9.